The van der Waals surface area contributed by atoms with Gasteiger partial charge in [0.15, 0.2) is 0 Å². The largest absolute Gasteiger partial charge is 0.449 e. The predicted octanol–water partition coefficient (Wildman–Crippen LogP) is 3.05. The Bertz CT molecular complexity index is 397. The summed E-state index contributed by atoms with van der Waals surface area (Å²) in [5.41, 5.74) is 0.821. The lowest BCUT2D eigenvalue weighted by molar-refractivity contribution is 0.0252. The zero-order valence-corrected chi connectivity index (χ0v) is 9.89. The molecule has 0 aromatic heterocycles. The van der Waals surface area contributed by atoms with Crippen LogP contribution in [0.3, 0.4) is 0 Å². The molecule has 1 aromatic carbocycles. The van der Waals surface area contributed by atoms with Crippen molar-refractivity contribution in [1.82, 2.24) is 4.90 Å². The summed E-state index contributed by atoms with van der Waals surface area (Å²) < 4.78 is 30.9. The van der Waals surface area contributed by atoms with Gasteiger partial charge in [0.2, 0.25) is 0 Å². The van der Waals surface area contributed by atoms with Gasteiger partial charge in [-0.25, -0.2) is 13.6 Å². The van der Waals surface area contributed by atoms with Crippen molar-refractivity contribution in [2.45, 2.75) is 31.9 Å². The van der Waals surface area contributed by atoms with Gasteiger partial charge in [-0.2, -0.15) is 0 Å². The number of cyclic esters (lactones) is 1. The Morgan fingerprint density at radius 1 is 1.33 bits per heavy atom. The van der Waals surface area contributed by atoms with Crippen molar-refractivity contribution < 1.29 is 18.3 Å². The van der Waals surface area contributed by atoms with Gasteiger partial charge in [0.25, 0.3) is 6.43 Å². The molecule has 3 nitrogen and oxygen atoms in total. The van der Waals surface area contributed by atoms with Crippen LogP contribution in [0.1, 0.15) is 18.4 Å². The molecule has 5 heteroatoms. The molecule has 0 spiro atoms. The maximum absolute atomic E-state index is 13.0. The molecule has 1 amide bonds. The second-order valence-corrected chi connectivity index (χ2v) is 4.27. The van der Waals surface area contributed by atoms with Gasteiger partial charge in [-0.05, 0) is 18.4 Å². The molecule has 1 saturated heterocycles. The minimum absolute atomic E-state index is 0.161. The van der Waals surface area contributed by atoms with Gasteiger partial charge >= 0.3 is 6.09 Å². The summed E-state index contributed by atoms with van der Waals surface area (Å²) in [4.78, 5) is 12.8. The fraction of sp³-hybridized carbons (Fsp3) is 0.462. The highest BCUT2D eigenvalue weighted by Crippen LogP contribution is 2.22. The van der Waals surface area contributed by atoms with Gasteiger partial charge in [0.05, 0.1) is 12.6 Å². The molecule has 18 heavy (non-hydrogen) atoms. The molecule has 0 bridgehead atoms. The smallest absolute Gasteiger partial charge is 0.410 e. The molecule has 0 radical (unpaired) electrons. The minimum Gasteiger partial charge on any atom is -0.449 e. The Labute approximate surface area is 104 Å². The highest BCUT2D eigenvalue weighted by Gasteiger charge is 2.33. The summed E-state index contributed by atoms with van der Waals surface area (Å²) in [6, 6.07) is 8.03. The topological polar surface area (TPSA) is 29.5 Å². The van der Waals surface area contributed by atoms with Crippen molar-refractivity contribution in [2.75, 3.05) is 6.61 Å². The van der Waals surface area contributed by atoms with Gasteiger partial charge in [0, 0.05) is 6.54 Å². The number of rotatable bonds is 3. The lowest BCUT2D eigenvalue weighted by Gasteiger charge is -2.27. The van der Waals surface area contributed by atoms with Gasteiger partial charge in [-0.15, -0.1) is 0 Å². The molecular formula is C13H15F2NO2. The molecule has 2 rings (SSSR count). The second-order valence-electron chi connectivity index (χ2n) is 4.27. The molecule has 0 saturated carbocycles. The van der Waals surface area contributed by atoms with Gasteiger partial charge in [-0.1, -0.05) is 30.3 Å². The van der Waals surface area contributed by atoms with Crippen LogP contribution in [0.25, 0.3) is 0 Å². The highest BCUT2D eigenvalue weighted by atomic mass is 19.3. The molecule has 1 heterocycles. The molecule has 1 atom stereocenters. The Morgan fingerprint density at radius 2 is 2.06 bits per heavy atom. The lowest BCUT2D eigenvalue weighted by Crippen LogP contribution is -2.42. The molecule has 1 aliphatic heterocycles. The molecule has 0 aliphatic carbocycles. The van der Waals surface area contributed by atoms with Crippen LogP contribution >= 0.6 is 0 Å². The molecule has 1 aromatic rings. The number of benzene rings is 1. The molecule has 98 valence electrons. The van der Waals surface area contributed by atoms with Crippen LogP contribution in [0.2, 0.25) is 0 Å². The first-order valence-electron chi connectivity index (χ1n) is 5.94. The van der Waals surface area contributed by atoms with E-state index in [1.54, 1.807) is 12.1 Å². The summed E-state index contributed by atoms with van der Waals surface area (Å²) in [6.07, 6.45) is -2.44. The number of carbonyl (C=O) groups is 1. The molecule has 1 fully saturated rings. The Kier molecular flexibility index (Phi) is 4.12. The molecular weight excluding hydrogens is 240 g/mol. The fourth-order valence-corrected chi connectivity index (χ4v) is 2.05. The van der Waals surface area contributed by atoms with Crippen LogP contribution in [0.5, 0.6) is 0 Å². The van der Waals surface area contributed by atoms with Crippen molar-refractivity contribution in [1.29, 1.82) is 0 Å². The van der Waals surface area contributed by atoms with E-state index in [2.05, 4.69) is 0 Å². The van der Waals surface area contributed by atoms with Gasteiger partial charge < -0.3 is 4.74 Å². The summed E-state index contributed by atoms with van der Waals surface area (Å²) in [5.74, 6) is 0. The fourth-order valence-electron chi connectivity index (χ4n) is 2.05. The SMILES string of the molecule is O=C1OCCC[C@@H](C(F)F)N1Cc1ccccc1. The lowest BCUT2D eigenvalue weighted by atomic mass is 10.1. The van der Waals surface area contributed by atoms with Crippen LogP contribution in [0.4, 0.5) is 13.6 Å². The van der Waals surface area contributed by atoms with Crippen molar-refractivity contribution in [3.05, 3.63) is 35.9 Å². The third kappa shape index (κ3) is 2.97. The van der Waals surface area contributed by atoms with E-state index in [-0.39, 0.29) is 19.6 Å². The van der Waals surface area contributed by atoms with Crippen molar-refractivity contribution in [2.24, 2.45) is 0 Å². The van der Waals surface area contributed by atoms with E-state index in [1.165, 1.54) is 0 Å². The summed E-state index contributed by atoms with van der Waals surface area (Å²) in [7, 11) is 0. The Hall–Kier alpha value is -1.65. The summed E-state index contributed by atoms with van der Waals surface area (Å²) in [5, 5.41) is 0. The van der Waals surface area contributed by atoms with Crippen LogP contribution in [-0.4, -0.2) is 30.1 Å². The van der Waals surface area contributed by atoms with Crippen LogP contribution in [0, 0.1) is 0 Å². The molecule has 0 N–H and O–H groups in total. The zero-order chi connectivity index (χ0) is 13.0. The summed E-state index contributed by atoms with van der Waals surface area (Å²) in [6.45, 7) is 0.377. The van der Waals surface area contributed by atoms with E-state index in [4.69, 9.17) is 4.74 Å². The standard InChI is InChI=1S/C13H15F2NO2/c14-12(15)11-7-4-8-18-13(17)16(11)9-10-5-2-1-3-6-10/h1-3,5-6,11-12H,4,7-9H2/t11-/m0/s1. The summed E-state index contributed by atoms with van der Waals surface area (Å²) >= 11 is 0. The number of halogens is 2. The quantitative estimate of drug-likeness (QED) is 0.830. The number of ether oxygens (including phenoxy) is 1. The maximum Gasteiger partial charge on any atom is 0.410 e. The minimum atomic E-state index is -2.54. The van der Waals surface area contributed by atoms with E-state index in [0.29, 0.717) is 6.42 Å². The van der Waals surface area contributed by atoms with Crippen molar-refractivity contribution in [3.8, 4) is 0 Å². The third-order valence-electron chi connectivity index (χ3n) is 2.99. The van der Waals surface area contributed by atoms with Crippen molar-refractivity contribution >= 4 is 6.09 Å². The maximum atomic E-state index is 13.0. The Morgan fingerprint density at radius 3 is 2.72 bits per heavy atom. The first-order valence-corrected chi connectivity index (χ1v) is 5.94. The first-order chi connectivity index (χ1) is 8.68. The number of alkyl halides is 2. The highest BCUT2D eigenvalue weighted by molar-refractivity contribution is 5.68. The van der Waals surface area contributed by atoms with E-state index in [9.17, 15) is 13.6 Å². The van der Waals surface area contributed by atoms with E-state index in [0.717, 1.165) is 10.5 Å². The zero-order valence-electron chi connectivity index (χ0n) is 9.89. The normalized spacial score (nSPS) is 20.7. The third-order valence-corrected chi connectivity index (χ3v) is 2.99. The van der Waals surface area contributed by atoms with Crippen LogP contribution in [0.15, 0.2) is 30.3 Å². The van der Waals surface area contributed by atoms with Crippen LogP contribution < -0.4 is 0 Å². The second kappa shape index (κ2) is 5.80. The van der Waals surface area contributed by atoms with Gasteiger partial charge in [0.1, 0.15) is 0 Å². The van der Waals surface area contributed by atoms with Crippen molar-refractivity contribution in [3.63, 3.8) is 0 Å². The van der Waals surface area contributed by atoms with E-state index < -0.39 is 18.6 Å². The Balaban J connectivity index is 2.16. The van der Waals surface area contributed by atoms with E-state index in [1.807, 2.05) is 18.2 Å². The molecule has 1 aliphatic rings. The predicted molar refractivity (Wildman–Crippen MR) is 62.4 cm³/mol. The number of carbonyl (C=O) groups excluding carboxylic acids is 1. The monoisotopic (exact) mass is 255 g/mol. The first kappa shape index (κ1) is 12.8. The number of hydrogen-bond donors (Lipinski definition) is 0. The molecule has 0 unspecified atom stereocenters. The number of amides is 1. The van der Waals surface area contributed by atoms with Gasteiger partial charge in [-0.3, -0.25) is 4.90 Å². The van der Waals surface area contributed by atoms with E-state index >= 15 is 0 Å². The average Bonchev–Trinajstić information content (AvgIpc) is 2.54. The number of nitrogens with zero attached hydrogens (tertiary/aromatic N) is 1. The van der Waals surface area contributed by atoms with Crippen LogP contribution in [-0.2, 0) is 11.3 Å². The number of hydrogen-bond acceptors (Lipinski definition) is 2. The average molecular weight is 255 g/mol.